The molecule has 39 heavy (non-hydrogen) atoms. The van der Waals surface area contributed by atoms with Gasteiger partial charge in [-0.1, -0.05) is 27.7 Å². The SMILES string of the molecule is COC1CCC(C(C)(C)C2CCC3OC4CCC(C(C)(C)C5CCC(OC(C)=O)CC5)CC4C(=O)C3C2)CC1. The maximum Gasteiger partial charge on any atom is 0.302 e. The molecule has 1 aliphatic heterocycles. The number of esters is 1. The molecule has 0 aromatic rings. The lowest BCUT2D eigenvalue weighted by atomic mass is 9.55. The molecular formula is C34H56O5. The van der Waals surface area contributed by atoms with Crippen LogP contribution in [0.25, 0.3) is 0 Å². The molecule has 0 spiro atoms. The second-order valence-electron chi connectivity index (χ2n) is 15.3. The fourth-order valence-electron chi connectivity index (χ4n) is 9.93. The van der Waals surface area contributed by atoms with Gasteiger partial charge in [-0.05, 0) is 124 Å². The normalized spacial score (nSPS) is 41.8. The molecule has 0 aromatic heterocycles. The molecule has 222 valence electrons. The standard InChI is InChI=1S/C34H56O5/c1-21(35)38-27-15-9-23(10-16-27)34(4,5)25-12-18-31-29(20-25)32(36)28-19-24(11-17-30(28)39-31)33(2,3)22-7-13-26(37-6)14-8-22/h22-31H,7-20H2,1-6H3. The van der Waals surface area contributed by atoms with Gasteiger partial charge in [-0.25, -0.2) is 0 Å². The second-order valence-corrected chi connectivity index (χ2v) is 15.3. The van der Waals surface area contributed by atoms with Crippen LogP contribution in [-0.4, -0.2) is 43.3 Å². The lowest BCUT2D eigenvalue weighted by molar-refractivity contribution is -0.180. The summed E-state index contributed by atoms with van der Waals surface area (Å²) >= 11 is 0. The van der Waals surface area contributed by atoms with Crippen LogP contribution in [0, 0.1) is 46.3 Å². The first-order chi connectivity index (χ1) is 18.5. The smallest absolute Gasteiger partial charge is 0.302 e. The maximum absolute atomic E-state index is 14.2. The highest BCUT2D eigenvalue weighted by molar-refractivity contribution is 5.85. The molecule has 5 heteroatoms. The molecule has 1 saturated heterocycles. The lowest BCUT2D eigenvalue weighted by Gasteiger charge is -2.53. The second kappa shape index (κ2) is 11.7. The third-order valence-electron chi connectivity index (χ3n) is 12.9. The van der Waals surface area contributed by atoms with E-state index in [0.29, 0.717) is 29.6 Å². The molecule has 4 saturated carbocycles. The van der Waals surface area contributed by atoms with Crippen LogP contribution in [0.4, 0.5) is 0 Å². The van der Waals surface area contributed by atoms with Gasteiger partial charge in [0.05, 0.1) is 18.3 Å². The molecule has 4 aliphatic carbocycles. The van der Waals surface area contributed by atoms with Crippen LogP contribution in [-0.2, 0) is 23.8 Å². The average Bonchev–Trinajstić information content (AvgIpc) is 2.93. The van der Waals surface area contributed by atoms with Crippen molar-refractivity contribution in [1.82, 2.24) is 0 Å². The van der Waals surface area contributed by atoms with Crippen molar-refractivity contribution in [2.45, 2.75) is 149 Å². The highest BCUT2D eigenvalue weighted by atomic mass is 16.5. The number of hydrogen-bond donors (Lipinski definition) is 0. The van der Waals surface area contributed by atoms with Crippen LogP contribution in [0.2, 0.25) is 0 Å². The predicted molar refractivity (Wildman–Crippen MR) is 153 cm³/mol. The Labute approximate surface area is 237 Å². The van der Waals surface area contributed by atoms with E-state index in [1.165, 1.54) is 45.4 Å². The predicted octanol–water partition coefficient (Wildman–Crippen LogP) is 7.54. The molecule has 0 N–H and O–H groups in total. The van der Waals surface area contributed by atoms with Crippen molar-refractivity contribution >= 4 is 11.8 Å². The summed E-state index contributed by atoms with van der Waals surface area (Å²) < 4.78 is 17.9. The molecule has 0 bridgehead atoms. The zero-order valence-electron chi connectivity index (χ0n) is 25.7. The molecule has 0 amide bonds. The van der Waals surface area contributed by atoms with Crippen LogP contribution in [0.1, 0.15) is 125 Å². The Morgan fingerprint density at radius 3 is 1.49 bits per heavy atom. The van der Waals surface area contributed by atoms with Crippen LogP contribution >= 0.6 is 0 Å². The third-order valence-corrected chi connectivity index (χ3v) is 12.9. The third kappa shape index (κ3) is 6.01. The van der Waals surface area contributed by atoms with Crippen LogP contribution in [0.5, 0.6) is 0 Å². The lowest BCUT2D eigenvalue weighted by Crippen LogP contribution is -2.55. The number of methoxy groups -OCH3 is 1. The monoisotopic (exact) mass is 544 g/mol. The molecular weight excluding hydrogens is 488 g/mol. The summed E-state index contributed by atoms with van der Waals surface area (Å²) in [7, 11) is 1.85. The van der Waals surface area contributed by atoms with Crippen molar-refractivity contribution in [3.63, 3.8) is 0 Å². The fourth-order valence-corrected chi connectivity index (χ4v) is 9.93. The quantitative estimate of drug-likeness (QED) is 0.323. The summed E-state index contributed by atoms with van der Waals surface area (Å²) in [4.78, 5) is 25.6. The summed E-state index contributed by atoms with van der Waals surface area (Å²) in [6.45, 7) is 11.4. The number of rotatable bonds is 6. The van der Waals surface area contributed by atoms with Crippen molar-refractivity contribution in [2.24, 2.45) is 46.3 Å². The van der Waals surface area contributed by atoms with E-state index < -0.39 is 0 Å². The Kier molecular flexibility index (Phi) is 8.90. The van der Waals surface area contributed by atoms with E-state index in [2.05, 4.69) is 27.7 Å². The fraction of sp³-hybridized carbons (Fsp3) is 0.941. The van der Waals surface area contributed by atoms with Gasteiger partial charge >= 0.3 is 5.97 Å². The van der Waals surface area contributed by atoms with Crippen molar-refractivity contribution < 1.29 is 23.8 Å². The highest BCUT2D eigenvalue weighted by Gasteiger charge is 2.53. The minimum absolute atomic E-state index is 0.0839. The van der Waals surface area contributed by atoms with Gasteiger partial charge in [0, 0.05) is 25.9 Å². The Balaban J connectivity index is 1.21. The highest BCUT2D eigenvalue weighted by Crippen LogP contribution is 2.55. The van der Waals surface area contributed by atoms with Crippen molar-refractivity contribution in [3.05, 3.63) is 0 Å². The van der Waals surface area contributed by atoms with Gasteiger partial charge < -0.3 is 14.2 Å². The average molecular weight is 545 g/mol. The first kappa shape index (κ1) is 29.5. The molecule has 6 unspecified atom stereocenters. The zero-order chi connectivity index (χ0) is 27.9. The molecule has 5 fully saturated rings. The van der Waals surface area contributed by atoms with Gasteiger partial charge in [0.1, 0.15) is 11.9 Å². The summed E-state index contributed by atoms with van der Waals surface area (Å²) in [6.07, 6.45) is 16.4. The largest absolute Gasteiger partial charge is 0.463 e. The van der Waals surface area contributed by atoms with Gasteiger partial charge in [-0.2, -0.15) is 0 Å². The van der Waals surface area contributed by atoms with E-state index in [4.69, 9.17) is 14.2 Å². The zero-order valence-corrected chi connectivity index (χ0v) is 25.7. The van der Waals surface area contributed by atoms with Gasteiger partial charge in [-0.3, -0.25) is 9.59 Å². The van der Waals surface area contributed by atoms with E-state index in [9.17, 15) is 9.59 Å². The first-order valence-corrected chi connectivity index (χ1v) is 16.4. The summed E-state index contributed by atoms with van der Waals surface area (Å²) in [5.74, 6) is 3.09. The van der Waals surface area contributed by atoms with Gasteiger partial charge in [0.15, 0.2) is 0 Å². The molecule has 5 rings (SSSR count). The van der Waals surface area contributed by atoms with E-state index in [0.717, 1.165) is 57.3 Å². The van der Waals surface area contributed by atoms with Crippen molar-refractivity contribution in [2.75, 3.05) is 7.11 Å². The minimum atomic E-state index is -0.156. The van der Waals surface area contributed by atoms with Crippen LogP contribution in [0.3, 0.4) is 0 Å². The summed E-state index contributed by atoms with van der Waals surface area (Å²) in [6, 6.07) is 0. The molecule has 0 radical (unpaired) electrons. The number of ether oxygens (including phenoxy) is 3. The van der Waals surface area contributed by atoms with E-state index in [-0.39, 0.29) is 46.9 Å². The first-order valence-electron chi connectivity index (χ1n) is 16.4. The number of fused-ring (bicyclic) bond motifs is 2. The maximum atomic E-state index is 14.2. The molecule has 6 atom stereocenters. The Hall–Kier alpha value is -0.940. The topological polar surface area (TPSA) is 61.8 Å². The number of carbonyl (C=O) groups excluding carboxylic acids is 2. The summed E-state index contributed by atoms with van der Waals surface area (Å²) in [5.41, 5.74) is 0.463. The van der Waals surface area contributed by atoms with Crippen LogP contribution in [0.15, 0.2) is 0 Å². The van der Waals surface area contributed by atoms with Crippen molar-refractivity contribution in [1.29, 1.82) is 0 Å². The Morgan fingerprint density at radius 1 is 0.667 bits per heavy atom. The molecule has 5 nitrogen and oxygen atoms in total. The molecule has 0 aromatic carbocycles. The minimum Gasteiger partial charge on any atom is -0.463 e. The van der Waals surface area contributed by atoms with Gasteiger partial charge in [-0.15, -0.1) is 0 Å². The summed E-state index contributed by atoms with van der Waals surface area (Å²) in [5, 5.41) is 0. The number of Topliss-reactive ketones (excluding diaryl/α,β-unsaturated/α-hetero) is 1. The number of carbonyl (C=O) groups is 2. The van der Waals surface area contributed by atoms with Gasteiger partial charge in [0.25, 0.3) is 0 Å². The van der Waals surface area contributed by atoms with Crippen LogP contribution < -0.4 is 0 Å². The molecule has 5 aliphatic rings. The number of hydrogen-bond acceptors (Lipinski definition) is 5. The van der Waals surface area contributed by atoms with E-state index >= 15 is 0 Å². The molecule has 1 heterocycles. The van der Waals surface area contributed by atoms with E-state index in [1.807, 2.05) is 7.11 Å². The van der Waals surface area contributed by atoms with Crippen molar-refractivity contribution in [3.8, 4) is 0 Å². The Morgan fingerprint density at radius 2 is 1.08 bits per heavy atom. The van der Waals surface area contributed by atoms with Gasteiger partial charge in [0.2, 0.25) is 0 Å². The number of ketones is 1. The Bertz CT molecular complexity index is 863. The van der Waals surface area contributed by atoms with E-state index in [1.54, 1.807) is 0 Å².